The second kappa shape index (κ2) is 12.3. The first kappa shape index (κ1) is 22.9. The van der Waals surface area contributed by atoms with Crippen molar-refractivity contribution in [2.24, 2.45) is 5.16 Å². The van der Waals surface area contributed by atoms with Crippen LogP contribution < -0.4 is 9.47 Å². The minimum atomic E-state index is 0.164. The summed E-state index contributed by atoms with van der Waals surface area (Å²) in [7, 11) is 0. The lowest BCUT2D eigenvalue weighted by molar-refractivity contribution is 0.127. The van der Waals surface area contributed by atoms with Gasteiger partial charge in [-0.2, -0.15) is 0 Å². The van der Waals surface area contributed by atoms with Crippen LogP contribution in [0.2, 0.25) is 5.02 Å². The average molecular weight is 423 g/mol. The Morgan fingerprint density at radius 3 is 2.42 bits per heavy atom. The Hall–Kier alpha value is -1.10. The third-order valence-corrected chi connectivity index (χ3v) is 4.16. The second-order valence-corrected chi connectivity index (χ2v) is 7.13. The molecule has 4 nitrogen and oxygen atoms in total. The molecule has 7 heteroatoms. The monoisotopic (exact) mass is 421 g/mol. The van der Waals surface area contributed by atoms with E-state index in [0.717, 1.165) is 41.9 Å². The maximum atomic E-state index is 6.52. The van der Waals surface area contributed by atoms with Crippen LogP contribution in [0.5, 0.6) is 11.5 Å². The fourth-order valence-electron chi connectivity index (χ4n) is 2.26. The van der Waals surface area contributed by atoms with Crippen molar-refractivity contribution in [1.82, 2.24) is 0 Å². The number of rotatable bonds is 11. The molecule has 0 heterocycles. The smallest absolute Gasteiger partial charge is 0.139 e. The van der Waals surface area contributed by atoms with Gasteiger partial charge in [0.15, 0.2) is 0 Å². The van der Waals surface area contributed by atoms with Crippen molar-refractivity contribution >= 4 is 40.5 Å². The zero-order chi connectivity index (χ0) is 19.5. The van der Waals surface area contributed by atoms with E-state index in [-0.39, 0.29) is 11.1 Å². The predicted molar refractivity (Wildman–Crippen MR) is 110 cm³/mol. The van der Waals surface area contributed by atoms with Crippen LogP contribution in [-0.4, -0.2) is 25.5 Å². The molecule has 1 rings (SSSR count). The molecule has 26 heavy (non-hydrogen) atoms. The molecule has 0 amide bonds. The van der Waals surface area contributed by atoms with Gasteiger partial charge in [-0.25, -0.2) is 0 Å². The number of halogens is 3. The van der Waals surface area contributed by atoms with E-state index in [2.05, 4.69) is 12.1 Å². The Morgan fingerprint density at radius 2 is 1.85 bits per heavy atom. The lowest BCUT2D eigenvalue weighted by atomic mass is 10.0. The standard InChI is InChI=1S/C19H26Cl3NO3/c1-5-14-12-16(24-11-8-17(20)21)18(22)15(6-2)19(14)25-9-7-10-26-23-13(3)4/h8,12H,5-7,9-11H2,1-4H3. The van der Waals surface area contributed by atoms with Gasteiger partial charge in [-0.3, -0.25) is 0 Å². The van der Waals surface area contributed by atoms with Crippen molar-refractivity contribution in [2.45, 2.75) is 47.0 Å². The first-order valence-corrected chi connectivity index (χ1v) is 9.78. The van der Waals surface area contributed by atoms with Crippen molar-refractivity contribution in [3.8, 4) is 11.5 Å². The Labute approximate surface area is 171 Å². The van der Waals surface area contributed by atoms with Crippen LogP contribution in [0, 0.1) is 0 Å². The SMILES string of the molecule is CCc1cc(OCC=C(Cl)Cl)c(Cl)c(CC)c1OCCCON=C(C)C. The summed E-state index contributed by atoms with van der Waals surface area (Å²) in [4.78, 5) is 5.19. The highest BCUT2D eigenvalue weighted by Gasteiger charge is 2.17. The quantitative estimate of drug-likeness (QED) is 0.237. The molecule has 0 N–H and O–H groups in total. The molecule has 0 radical (unpaired) electrons. The Bertz CT molecular complexity index is 637. The molecule has 0 fully saturated rings. The number of nitrogens with zero attached hydrogens (tertiary/aromatic N) is 1. The fourth-order valence-corrected chi connectivity index (χ4v) is 2.71. The van der Waals surface area contributed by atoms with Crippen molar-refractivity contribution in [1.29, 1.82) is 0 Å². The van der Waals surface area contributed by atoms with Crippen LogP contribution in [-0.2, 0) is 17.7 Å². The second-order valence-electron chi connectivity index (χ2n) is 5.74. The lowest BCUT2D eigenvalue weighted by Crippen LogP contribution is -2.07. The molecule has 0 spiro atoms. The highest BCUT2D eigenvalue weighted by molar-refractivity contribution is 6.55. The average Bonchev–Trinajstić information content (AvgIpc) is 2.59. The normalized spacial score (nSPS) is 10.3. The molecule has 1 aromatic carbocycles. The third-order valence-electron chi connectivity index (χ3n) is 3.44. The Morgan fingerprint density at radius 1 is 1.12 bits per heavy atom. The number of oxime groups is 1. The molecule has 0 atom stereocenters. The molecule has 0 aliphatic rings. The van der Waals surface area contributed by atoms with E-state index in [1.807, 2.05) is 26.8 Å². The molecular formula is C19H26Cl3NO3. The Balaban J connectivity index is 2.85. The molecule has 0 unspecified atom stereocenters. The van der Waals surface area contributed by atoms with Crippen LogP contribution in [0.15, 0.2) is 21.8 Å². The third kappa shape index (κ3) is 7.65. The molecule has 146 valence electrons. The fraction of sp³-hybridized carbons (Fsp3) is 0.526. The molecule has 0 aromatic heterocycles. The molecule has 0 aliphatic carbocycles. The zero-order valence-corrected chi connectivity index (χ0v) is 18.0. The maximum absolute atomic E-state index is 6.52. The molecule has 0 aliphatic heterocycles. The first-order chi connectivity index (χ1) is 12.4. The number of hydrogen-bond acceptors (Lipinski definition) is 4. The van der Waals surface area contributed by atoms with Gasteiger partial charge in [0.25, 0.3) is 0 Å². The van der Waals surface area contributed by atoms with E-state index < -0.39 is 0 Å². The molecule has 0 saturated carbocycles. The number of ether oxygens (including phenoxy) is 2. The lowest BCUT2D eigenvalue weighted by Gasteiger charge is -2.19. The summed E-state index contributed by atoms with van der Waals surface area (Å²) in [6.07, 6.45) is 3.84. The highest BCUT2D eigenvalue weighted by atomic mass is 35.5. The van der Waals surface area contributed by atoms with Gasteiger partial charge < -0.3 is 14.3 Å². The van der Waals surface area contributed by atoms with E-state index in [9.17, 15) is 0 Å². The molecular weight excluding hydrogens is 397 g/mol. The highest BCUT2D eigenvalue weighted by Crippen LogP contribution is 2.39. The summed E-state index contributed by atoms with van der Waals surface area (Å²) in [6, 6.07) is 1.91. The zero-order valence-electron chi connectivity index (χ0n) is 15.7. The maximum Gasteiger partial charge on any atom is 0.139 e. The van der Waals surface area contributed by atoms with Crippen molar-refractivity contribution in [3.63, 3.8) is 0 Å². The van der Waals surface area contributed by atoms with Gasteiger partial charge in [-0.05, 0) is 44.4 Å². The van der Waals surface area contributed by atoms with Gasteiger partial charge in [0.05, 0.1) is 17.3 Å². The summed E-state index contributed by atoms with van der Waals surface area (Å²) in [5.74, 6) is 1.43. The van der Waals surface area contributed by atoms with Gasteiger partial charge in [0, 0.05) is 12.0 Å². The minimum absolute atomic E-state index is 0.164. The van der Waals surface area contributed by atoms with Crippen LogP contribution in [0.3, 0.4) is 0 Å². The molecule has 0 saturated heterocycles. The van der Waals surface area contributed by atoms with Gasteiger partial charge in [-0.15, -0.1) is 0 Å². The topological polar surface area (TPSA) is 40.0 Å². The minimum Gasteiger partial charge on any atom is -0.493 e. The van der Waals surface area contributed by atoms with Crippen molar-refractivity contribution in [2.75, 3.05) is 19.8 Å². The van der Waals surface area contributed by atoms with Crippen LogP contribution in [0.1, 0.15) is 45.2 Å². The van der Waals surface area contributed by atoms with Crippen LogP contribution in [0.4, 0.5) is 0 Å². The number of benzene rings is 1. The van der Waals surface area contributed by atoms with Gasteiger partial charge in [-0.1, -0.05) is 53.8 Å². The Kier molecular flexibility index (Phi) is 10.9. The van der Waals surface area contributed by atoms with Gasteiger partial charge in [0.2, 0.25) is 0 Å². The van der Waals surface area contributed by atoms with Gasteiger partial charge in [0.1, 0.15) is 29.2 Å². The van der Waals surface area contributed by atoms with Crippen molar-refractivity contribution in [3.05, 3.63) is 32.8 Å². The largest absolute Gasteiger partial charge is 0.493 e. The van der Waals surface area contributed by atoms with E-state index in [4.69, 9.17) is 49.1 Å². The molecule has 1 aromatic rings. The number of hydrogen-bond donors (Lipinski definition) is 0. The summed E-state index contributed by atoms with van der Waals surface area (Å²) in [5, 5.41) is 4.46. The summed E-state index contributed by atoms with van der Waals surface area (Å²) < 4.78 is 11.9. The van der Waals surface area contributed by atoms with E-state index in [0.29, 0.717) is 24.0 Å². The van der Waals surface area contributed by atoms with E-state index in [1.165, 1.54) is 0 Å². The van der Waals surface area contributed by atoms with Crippen molar-refractivity contribution < 1.29 is 14.3 Å². The van der Waals surface area contributed by atoms with Crippen LogP contribution in [0.25, 0.3) is 0 Å². The number of aryl methyl sites for hydroxylation is 1. The summed E-state index contributed by atoms with van der Waals surface area (Å²) in [6.45, 7) is 9.17. The van der Waals surface area contributed by atoms with Gasteiger partial charge >= 0.3 is 0 Å². The van der Waals surface area contributed by atoms with E-state index in [1.54, 1.807) is 6.08 Å². The first-order valence-electron chi connectivity index (χ1n) is 8.64. The summed E-state index contributed by atoms with van der Waals surface area (Å²) >= 11 is 17.7. The summed E-state index contributed by atoms with van der Waals surface area (Å²) in [5.41, 5.74) is 2.87. The predicted octanol–water partition coefficient (Wildman–Crippen LogP) is 6.34. The van der Waals surface area contributed by atoms with Crippen LogP contribution >= 0.6 is 34.8 Å². The molecule has 0 bridgehead atoms. The van der Waals surface area contributed by atoms with E-state index >= 15 is 0 Å².